The molecule has 0 aliphatic carbocycles. The first-order valence-electron chi connectivity index (χ1n) is 11.2. The van der Waals surface area contributed by atoms with Crippen molar-refractivity contribution in [2.24, 2.45) is 5.92 Å². The van der Waals surface area contributed by atoms with Crippen LogP contribution in [-0.4, -0.2) is 65.7 Å². The topological polar surface area (TPSA) is 134 Å². The standard InChI is InChI=1S/C24H37N3O7/c1-8-12-27(22(31)19(15(2)3)26-23(32)34-24(4,5)6)20(16-10-9-11-17(28)13-16)21(30)25-14-18(29)33-7/h9-11,13,15,19-20,28H,8,12,14H2,1-7H3,(H,25,30)(H,26,32). The molecule has 10 heteroatoms. The number of alkyl carbamates (subject to hydrolysis) is 1. The Morgan fingerprint density at radius 1 is 1.15 bits per heavy atom. The molecule has 1 aromatic rings. The average Bonchev–Trinajstić information content (AvgIpc) is 2.73. The monoisotopic (exact) mass is 479 g/mol. The summed E-state index contributed by atoms with van der Waals surface area (Å²) >= 11 is 0. The highest BCUT2D eigenvalue weighted by Gasteiger charge is 2.37. The van der Waals surface area contributed by atoms with Crippen LogP contribution in [0.2, 0.25) is 0 Å². The van der Waals surface area contributed by atoms with Gasteiger partial charge in [0.2, 0.25) is 11.8 Å². The van der Waals surface area contributed by atoms with Crippen LogP contribution in [0.5, 0.6) is 5.75 Å². The van der Waals surface area contributed by atoms with Gasteiger partial charge in [-0.3, -0.25) is 14.4 Å². The molecule has 0 saturated heterocycles. The van der Waals surface area contributed by atoms with E-state index in [1.807, 2.05) is 6.92 Å². The molecule has 2 unspecified atom stereocenters. The SMILES string of the molecule is CCCN(C(=O)C(NC(=O)OC(C)(C)C)C(C)C)C(C(=O)NCC(=O)OC)c1cccc(O)c1. The van der Waals surface area contributed by atoms with Crippen LogP contribution in [0.3, 0.4) is 0 Å². The quantitative estimate of drug-likeness (QED) is 0.439. The number of phenols is 1. The van der Waals surface area contributed by atoms with E-state index in [0.717, 1.165) is 0 Å². The van der Waals surface area contributed by atoms with E-state index >= 15 is 0 Å². The number of methoxy groups -OCH3 is 1. The third-order valence-electron chi connectivity index (χ3n) is 4.73. The van der Waals surface area contributed by atoms with E-state index in [1.165, 1.54) is 24.1 Å². The Kier molecular flexibility index (Phi) is 10.8. The van der Waals surface area contributed by atoms with E-state index in [1.54, 1.807) is 46.8 Å². The predicted molar refractivity (Wildman–Crippen MR) is 126 cm³/mol. The number of nitrogens with zero attached hydrogens (tertiary/aromatic N) is 1. The van der Waals surface area contributed by atoms with Crippen molar-refractivity contribution in [1.82, 2.24) is 15.5 Å². The summed E-state index contributed by atoms with van der Waals surface area (Å²) in [6.07, 6.45) is -0.233. The van der Waals surface area contributed by atoms with Gasteiger partial charge < -0.3 is 30.1 Å². The molecular formula is C24H37N3O7. The lowest BCUT2D eigenvalue weighted by molar-refractivity contribution is -0.145. The maximum atomic E-state index is 13.7. The fraction of sp³-hybridized carbons (Fsp3) is 0.583. The van der Waals surface area contributed by atoms with Crippen LogP contribution in [-0.2, 0) is 23.9 Å². The van der Waals surface area contributed by atoms with E-state index in [0.29, 0.717) is 12.0 Å². The smallest absolute Gasteiger partial charge is 0.408 e. The largest absolute Gasteiger partial charge is 0.508 e. The Morgan fingerprint density at radius 3 is 2.29 bits per heavy atom. The summed E-state index contributed by atoms with van der Waals surface area (Å²) in [4.78, 5) is 52.2. The molecule has 0 aliphatic rings. The van der Waals surface area contributed by atoms with Gasteiger partial charge in [-0.2, -0.15) is 0 Å². The van der Waals surface area contributed by atoms with Crippen LogP contribution in [0.15, 0.2) is 24.3 Å². The van der Waals surface area contributed by atoms with E-state index < -0.39 is 41.6 Å². The average molecular weight is 480 g/mol. The molecule has 1 rings (SSSR count). The van der Waals surface area contributed by atoms with Crippen LogP contribution in [0, 0.1) is 5.92 Å². The van der Waals surface area contributed by atoms with Crippen molar-refractivity contribution < 1.29 is 33.8 Å². The van der Waals surface area contributed by atoms with Gasteiger partial charge >= 0.3 is 12.1 Å². The summed E-state index contributed by atoms with van der Waals surface area (Å²) < 4.78 is 9.89. The maximum Gasteiger partial charge on any atom is 0.408 e. The van der Waals surface area contributed by atoms with Gasteiger partial charge in [0.15, 0.2) is 0 Å². The molecule has 0 saturated carbocycles. The van der Waals surface area contributed by atoms with Crippen molar-refractivity contribution in [1.29, 1.82) is 0 Å². The van der Waals surface area contributed by atoms with Crippen LogP contribution in [0.1, 0.15) is 59.6 Å². The molecule has 34 heavy (non-hydrogen) atoms. The fourth-order valence-corrected chi connectivity index (χ4v) is 3.23. The van der Waals surface area contributed by atoms with Crippen molar-refractivity contribution >= 4 is 23.9 Å². The van der Waals surface area contributed by atoms with Crippen LogP contribution in [0.4, 0.5) is 4.79 Å². The summed E-state index contributed by atoms with van der Waals surface area (Å²) in [6, 6.07) is 3.84. The fourth-order valence-electron chi connectivity index (χ4n) is 3.23. The Hall–Kier alpha value is -3.30. The number of benzene rings is 1. The number of carbonyl (C=O) groups is 4. The minimum Gasteiger partial charge on any atom is -0.508 e. The third-order valence-corrected chi connectivity index (χ3v) is 4.73. The normalized spacial score (nSPS) is 12.9. The highest BCUT2D eigenvalue weighted by molar-refractivity contribution is 5.93. The van der Waals surface area contributed by atoms with Crippen LogP contribution in [0.25, 0.3) is 0 Å². The molecule has 3 amide bonds. The van der Waals surface area contributed by atoms with Crippen molar-refractivity contribution in [3.8, 4) is 5.75 Å². The number of esters is 1. The molecule has 190 valence electrons. The minimum atomic E-state index is -1.16. The number of aromatic hydroxyl groups is 1. The zero-order valence-electron chi connectivity index (χ0n) is 21.0. The van der Waals surface area contributed by atoms with E-state index in [-0.39, 0.29) is 24.8 Å². The van der Waals surface area contributed by atoms with Gasteiger partial charge in [0, 0.05) is 6.54 Å². The zero-order chi connectivity index (χ0) is 26.1. The number of rotatable bonds is 10. The molecule has 0 aromatic heterocycles. The lowest BCUT2D eigenvalue weighted by Gasteiger charge is -2.35. The van der Waals surface area contributed by atoms with Gasteiger partial charge in [-0.1, -0.05) is 32.9 Å². The second-order valence-corrected chi connectivity index (χ2v) is 9.19. The van der Waals surface area contributed by atoms with Gasteiger partial charge in [-0.15, -0.1) is 0 Å². The first-order valence-corrected chi connectivity index (χ1v) is 11.2. The van der Waals surface area contributed by atoms with E-state index in [9.17, 15) is 24.3 Å². The van der Waals surface area contributed by atoms with Crippen LogP contribution >= 0.6 is 0 Å². The van der Waals surface area contributed by atoms with Crippen molar-refractivity contribution in [3.05, 3.63) is 29.8 Å². The first-order chi connectivity index (χ1) is 15.8. The van der Waals surface area contributed by atoms with Crippen molar-refractivity contribution in [2.75, 3.05) is 20.2 Å². The minimum absolute atomic E-state index is 0.0838. The lowest BCUT2D eigenvalue weighted by Crippen LogP contribution is -2.55. The maximum absolute atomic E-state index is 13.7. The van der Waals surface area contributed by atoms with Gasteiger partial charge in [-0.25, -0.2) is 4.79 Å². The summed E-state index contributed by atoms with van der Waals surface area (Å²) in [5, 5.41) is 15.1. The van der Waals surface area contributed by atoms with E-state index in [2.05, 4.69) is 15.4 Å². The molecule has 1 aromatic carbocycles. The highest BCUT2D eigenvalue weighted by Crippen LogP contribution is 2.26. The number of nitrogens with one attached hydrogen (secondary N) is 2. The molecule has 0 aliphatic heterocycles. The predicted octanol–water partition coefficient (Wildman–Crippen LogP) is 2.51. The summed E-state index contributed by atoms with van der Waals surface area (Å²) in [6.45, 7) is 10.3. The molecule has 10 nitrogen and oxygen atoms in total. The van der Waals surface area contributed by atoms with Gasteiger partial charge in [0.25, 0.3) is 0 Å². The molecule has 0 bridgehead atoms. The number of amides is 3. The second kappa shape index (κ2) is 12.8. The molecule has 0 fully saturated rings. The van der Waals surface area contributed by atoms with Crippen molar-refractivity contribution in [3.63, 3.8) is 0 Å². The van der Waals surface area contributed by atoms with Crippen LogP contribution < -0.4 is 10.6 Å². The number of ether oxygens (including phenoxy) is 2. The number of phenolic OH excluding ortho intramolecular Hbond substituents is 1. The molecule has 0 heterocycles. The molecule has 0 spiro atoms. The highest BCUT2D eigenvalue weighted by atomic mass is 16.6. The van der Waals surface area contributed by atoms with Crippen molar-refractivity contribution in [2.45, 2.75) is 65.6 Å². The number of hydrogen-bond acceptors (Lipinski definition) is 7. The number of hydrogen-bond donors (Lipinski definition) is 3. The Balaban J connectivity index is 3.38. The molecule has 0 radical (unpaired) electrons. The Labute approximate surface area is 201 Å². The molecule has 3 N–H and O–H groups in total. The van der Waals surface area contributed by atoms with Gasteiger partial charge in [0.05, 0.1) is 7.11 Å². The summed E-state index contributed by atoms with van der Waals surface area (Å²) in [5.74, 6) is -2.17. The second-order valence-electron chi connectivity index (χ2n) is 9.19. The zero-order valence-corrected chi connectivity index (χ0v) is 21.0. The Morgan fingerprint density at radius 2 is 1.79 bits per heavy atom. The molecule has 2 atom stereocenters. The molecular weight excluding hydrogens is 442 g/mol. The van der Waals surface area contributed by atoms with E-state index in [4.69, 9.17) is 4.74 Å². The lowest BCUT2D eigenvalue weighted by atomic mass is 9.98. The van der Waals surface area contributed by atoms with Gasteiger partial charge in [0.1, 0.15) is 30.0 Å². The summed E-state index contributed by atoms with van der Waals surface area (Å²) in [7, 11) is 1.20. The first kappa shape index (κ1) is 28.7. The van der Waals surface area contributed by atoms with Gasteiger partial charge in [-0.05, 0) is 50.8 Å². The summed E-state index contributed by atoms with van der Waals surface area (Å²) in [5.41, 5.74) is -0.403. The Bertz CT molecular complexity index is 864. The number of carbonyl (C=O) groups excluding carboxylic acids is 4. The third kappa shape index (κ3) is 8.92.